The van der Waals surface area contributed by atoms with Gasteiger partial charge in [0, 0.05) is 5.69 Å². The molecule has 1 heterocycles. The predicted octanol–water partition coefficient (Wildman–Crippen LogP) is 3.19. The van der Waals surface area contributed by atoms with Crippen molar-refractivity contribution in [2.75, 3.05) is 5.32 Å². The summed E-state index contributed by atoms with van der Waals surface area (Å²) in [4.78, 5) is 10.8. The van der Waals surface area contributed by atoms with Crippen molar-refractivity contribution in [2.24, 2.45) is 0 Å². The molecule has 0 fully saturated rings. The summed E-state index contributed by atoms with van der Waals surface area (Å²) in [7, 11) is 0. The Morgan fingerprint density at radius 3 is 2.60 bits per heavy atom. The van der Waals surface area contributed by atoms with E-state index in [-0.39, 0.29) is 0 Å². The van der Waals surface area contributed by atoms with Crippen molar-refractivity contribution in [2.45, 2.75) is 0 Å². The number of rotatable bonds is 3. The predicted molar refractivity (Wildman–Crippen MR) is 61.0 cm³/mol. The van der Waals surface area contributed by atoms with Gasteiger partial charge in [0.2, 0.25) is 0 Å². The van der Waals surface area contributed by atoms with Crippen molar-refractivity contribution in [3.8, 4) is 0 Å². The summed E-state index contributed by atoms with van der Waals surface area (Å²) < 4.78 is 0. The highest BCUT2D eigenvalue weighted by atomic mass is 32.1. The first kappa shape index (κ1) is 9.73. The molecule has 2 aromatic rings. The Kier molecular flexibility index (Phi) is 2.69. The number of carboxylic acids is 1. The Balaban J connectivity index is 2.25. The van der Waals surface area contributed by atoms with Crippen LogP contribution in [-0.4, -0.2) is 11.1 Å². The molecule has 0 amide bonds. The number of para-hydroxylation sites is 1. The van der Waals surface area contributed by atoms with E-state index in [9.17, 15) is 4.79 Å². The molecule has 2 N–H and O–H groups in total. The molecule has 0 aliphatic heterocycles. The van der Waals surface area contributed by atoms with Crippen LogP contribution in [0.1, 0.15) is 10.4 Å². The largest absolute Gasteiger partial charge is 0.478 e. The highest BCUT2D eigenvalue weighted by Gasteiger charge is 2.10. The second-order valence-electron chi connectivity index (χ2n) is 2.96. The molecule has 0 aliphatic rings. The molecule has 0 saturated carbocycles. The maximum atomic E-state index is 10.8. The maximum absolute atomic E-state index is 10.8. The van der Waals surface area contributed by atoms with Crippen LogP contribution in [0.2, 0.25) is 0 Å². The van der Waals surface area contributed by atoms with Gasteiger partial charge in [0.05, 0.1) is 5.56 Å². The smallest absolute Gasteiger partial charge is 0.338 e. The van der Waals surface area contributed by atoms with E-state index in [2.05, 4.69) is 5.32 Å². The van der Waals surface area contributed by atoms with Crippen molar-refractivity contribution < 1.29 is 9.90 Å². The van der Waals surface area contributed by atoms with E-state index >= 15 is 0 Å². The molecule has 0 radical (unpaired) electrons. The summed E-state index contributed by atoms with van der Waals surface area (Å²) in [6.45, 7) is 0. The van der Waals surface area contributed by atoms with E-state index in [4.69, 9.17) is 5.11 Å². The lowest BCUT2D eigenvalue weighted by Crippen LogP contribution is -1.98. The third-order valence-corrected chi connectivity index (χ3v) is 2.76. The molecule has 0 saturated heterocycles. The van der Waals surface area contributed by atoms with E-state index in [1.165, 1.54) is 11.3 Å². The molecular weight excluding hydrogens is 210 g/mol. The van der Waals surface area contributed by atoms with E-state index in [0.717, 1.165) is 5.69 Å². The highest BCUT2D eigenvalue weighted by molar-refractivity contribution is 7.14. The fourth-order valence-electron chi connectivity index (χ4n) is 1.23. The van der Waals surface area contributed by atoms with Crippen LogP contribution in [0.4, 0.5) is 10.7 Å². The molecule has 2 rings (SSSR count). The second kappa shape index (κ2) is 4.14. The highest BCUT2D eigenvalue weighted by Crippen LogP contribution is 2.26. The van der Waals surface area contributed by atoms with Gasteiger partial charge in [0.25, 0.3) is 0 Å². The first-order valence-corrected chi connectivity index (χ1v) is 5.28. The lowest BCUT2D eigenvalue weighted by molar-refractivity contribution is 0.0698. The van der Waals surface area contributed by atoms with Crippen LogP contribution in [-0.2, 0) is 0 Å². The van der Waals surface area contributed by atoms with E-state index in [0.29, 0.717) is 10.6 Å². The monoisotopic (exact) mass is 219 g/mol. The van der Waals surface area contributed by atoms with Crippen LogP contribution < -0.4 is 5.32 Å². The normalized spacial score (nSPS) is 9.87. The second-order valence-corrected chi connectivity index (χ2v) is 3.88. The van der Waals surface area contributed by atoms with Gasteiger partial charge in [-0.05, 0) is 23.6 Å². The Bertz CT molecular complexity index is 464. The van der Waals surface area contributed by atoms with Crippen molar-refractivity contribution >= 4 is 28.0 Å². The van der Waals surface area contributed by atoms with Gasteiger partial charge in [-0.2, -0.15) is 0 Å². The zero-order chi connectivity index (χ0) is 10.7. The number of carbonyl (C=O) groups is 1. The molecule has 0 atom stereocenters. The van der Waals surface area contributed by atoms with E-state index in [1.807, 2.05) is 30.3 Å². The third-order valence-electron chi connectivity index (χ3n) is 1.93. The molecule has 15 heavy (non-hydrogen) atoms. The minimum Gasteiger partial charge on any atom is -0.478 e. The standard InChI is InChI=1S/C11H9NO2S/c13-11(14)9-6-7-15-10(9)12-8-4-2-1-3-5-8/h1-7,12H,(H,13,14). The molecule has 0 aliphatic carbocycles. The van der Waals surface area contributed by atoms with Gasteiger partial charge >= 0.3 is 5.97 Å². The van der Waals surface area contributed by atoms with Crippen LogP contribution in [0.3, 0.4) is 0 Å². The molecule has 3 nitrogen and oxygen atoms in total. The molecule has 4 heteroatoms. The van der Waals surface area contributed by atoms with Gasteiger partial charge in [-0.3, -0.25) is 0 Å². The molecule has 1 aromatic carbocycles. The fraction of sp³-hybridized carbons (Fsp3) is 0. The number of benzene rings is 1. The Morgan fingerprint density at radius 1 is 1.20 bits per heavy atom. The number of carboxylic acid groups (broad SMARTS) is 1. The number of anilines is 2. The summed E-state index contributed by atoms with van der Waals surface area (Å²) in [5.41, 5.74) is 1.20. The van der Waals surface area contributed by atoms with Crippen LogP contribution in [0.15, 0.2) is 41.8 Å². The molecule has 76 valence electrons. The third kappa shape index (κ3) is 2.16. The van der Waals surface area contributed by atoms with Gasteiger partial charge in [-0.1, -0.05) is 18.2 Å². The van der Waals surface area contributed by atoms with E-state index in [1.54, 1.807) is 11.4 Å². The van der Waals surface area contributed by atoms with Crippen LogP contribution in [0.5, 0.6) is 0 Å². The quantitative estimate of drug-likeness (QED) is 0.833. The van der Waals surface area contributed by atoms with Gasteiger partial charge in [0.15, 0.2) is 0 Å². The molecule has 0 unspecified atom stereocenters. The van der Waals surface area contributed by atoms with Crippen LogP contribution in [0, 0.1) is 0 Å². The number of nitrogens with one attached hydrogen (secondary N) is 1. The minimum absolute atomic E-state index is 0.309. The lowest BCUT2D eigenvalue weighted by atomic mass is 10.3. The van der Waals surface area contributed by atoms with E-state index < -0.39 is 5.97 Å². The Hall–Kier alpha value is -1.81. The number of hydrogen-bond acceptors (Lipinski definition) is 3. The molecule has 1 aromatic heterocycles. The lowest BCUT2D eigenvalue weighted by Gasteiger charge is -2.04. The van der Waals surface area contributed by atoms with Crippen molar-refractivity contribution in [1.29, 1.82) is 0 Å². The average molecular weight is 219 g/mol. The fourth-order valence-corrected chi connectivity index (χ4v) is 2.03. The number of hydrogen-bond donors (Lipinski definition) is 2. The van der Waals surface area contributed by atoms with Crippen molar-refractivity contribution in [1.82, 2.24) is 0 Å². The average Bonchev–Trinajstić information content (AvgIpc) is 2.67. The molecular formula is C11H9NO2S. The van der Waals surface area contributed by atoms with Crippen LogP contribution >= 0.6 is 11.3 Å². The summed E-state index contributed by atoms with van der Waals surface area (Å²) >= 11 is 1.38. The van der Waals surface area contributed by atoms with Gasteiger partial charge in [-0.15, -0.1) is 11.3 Å². The summed E-state index contributed by atoms with van der Waals surface area (Å²) in [6, 6.07) is 11.1. The van der Waals surface area contributed by atoms with Gasteiger partial charge in [-0.25, -0.2) is 4.79 Å². The first-order valence-electron chi connectivity index (χ1n) is 4.40. The number of aromatic carboxylic acids is 1. The Labute approximate surface area is 91.0 Å². The SMILES string of the molecule is O=C(O)c1ccsc1Nc1ccccc1. The zero-order valence-electron chi connectivity index (χ0n) is 7.81. The van der Waals surface area contributed by atoms with Gasteiger partial charge in [0.1, 0.15) is 5.00 Å². The summed E-state index contributed by atoms with van der Waals surface area (Å²) in [6.07, 6.45) is 0. The maximum Gasteiger partial charge on any atom is 0.338 e. The summed E-state index contributed by atoms with van der Waals surface area (Å²) in [5.74, 6) is -0.908. The minimum atomic E-state index is -0.908. The zero-order valence-corrected chi connectivity index (χ0v) is 8.62. The van der Waals surface area contributed by atoms with Crippen molar-refractivity contribution in [3.05, 3.63) is 47.3 Å². The number of thiophene rings is 1. The topological polar surface area (TPSA) is 49.3 Å². The first-order chi connectivity index (χ1) is 7.27. The molecule has 0 bridgehead atoms. The molecule has 0 spiro atoms. The van der Waals surface area contributed by atoms with Crippen molar-refractivity contribution in [3.63, 3.8) is 0 Å². The van der Waals surface area contributed by atoms with Gasteiger partial charge < -0.3 is 10.4 Å². The Morgan fingerprint density at radius 2 is 1.93 bits per heavy atom. The summed E-state index contributed by atoms with van der Waals surface area (Å²) in [5, 5.41) is 14.4. The van der Waals surface area contributed by atoms with Crippen LogP contribution in [0.25, 0.3) is 0 Å².